The molecule has 0 atom stereocenters. The van der Waals surface area contributed by atoms with Gasteiger partial charge in [-0.15, -0.1) is 0 Å². The van der Waals surface area contributed by atoms with Crippen LogP contribution in [0.15, 0.2) is 36.5 Å². The Labute approximate surface area is 162 Å². The zero-order valence-corrected chi connectivity index (χ0v) is 15.8. The number of hydrogen-bond donors (Lipinski definition) is 2. The lowest BCUT2D eigenvalue weighted by molar-refractivity contribution is 0.0706. The van der Waals surface area contributed by atoms with Crippen molar-refractivity contribution in [3.8, 4) is 0 Å². The highest BCUT2D eigenvalue weighted by atomic mass is 16.5. The number of benzene rings is 1. The summed E-state index contributed by atoms with van der Waals surface area (Å²) in [5.41, 5.74) is 5.84. The van der Waals surface area contributed by atoms with E-state index >= 15 is 0 Å². The minimum Gasteiger partial charge on any atom is -0.378 e. The second-order valence-corrected chi connectivity index (χ2v) is 6.71. The highest BCUT2D eigenvalue weighted by molar-refractivity contribution is 5.93. The van der Waals surface area contributed by atoms with Crippen LogP contribution in [0.2, 0.25) is 0 Å². The summed E-state index contributed by atoms with van der Waals surface area (Å²) >= 11 is 0. The minimum atomic E-state index is -0.559. The third-order valence-corrected chi connectivity index (χ3v) is 5.04. The van der Waals surface area contributed by atoms with Gasteiger partial charge in [0, 0.05) is 19.3 Å². The predicted molar refractivity (Wildman–Crippen MR) is 105 cm³/mol. The molecular weight excluding hydrogens is 358 g/mol. The molecule has 8 heteroatoms. The number of hydrogen-bond acceptors (Lipinski definition) is 6. The summed E-state index contributed by atoms with van der Waals surface area (Å²) in [4.78, 5) is 23.3. The fourth-order valence-electron chi connectivity index (χ4n) is 3.55. The Morgan fingerprint density at radius 1 is 1.29 bits per heavy atom. The number of imidazole rings is 1. The molecule has 1 amide bonds. The van der Waals surface area contributed by atoms with Gasteiger partial charge in [-0.25, -0.2) is 10.5 Å². The summed E-state index contributed by atoms with van der Waals surface area (Å²) in [6.07, 6.45) is 2.22. The van der Waals surface area contributed by atoms with Crippen LogP contribution in [0, 0.1) is 0 Å². The monoisotopic (exact) mass is 381 g/mol. The van der Waals surface area contributed by atoms with Gasteiger partial charge in [0.05, 0.1) is 42.0 Å². The van der Waals surface area contributed by atoms with Crippen LogP contribution in [0.25, 0.3) is 11.0 Å². The maximum absolute atomic E-state index is 11.7. The van der Waals surface area contributed by atoms with Gasteiger partial charge in [0.15, 0.2) is 0 Å². The molecule has 0 aliphatic carbocycles. The van der Waals surface area contributed by atoms with E-state index in [9.17, 15) is 4.79 Å². The maximum Gasteiger partial charge on any atom is 0.276 e. The second kappa shape index (κ2) is 7.95. The number of nitrogens with zero attached hydrogens (tertiary/aromatic N) is 4. The highest BCUT2D eigenvalue weighted by Gasteiger charge is 2.20. The summed E-state index contributed by atoms with van der Waals surface area (Å²) < 4.78 is 7.66. The number of anilines is 1. The van der Waals surface area contributed by atoms with Crippen LogP contribution in [0.5, 0.6) is 0 Å². The van der Waals surface area contributed by atoms with Crippen LogP contribution in [0.3, 0.4) is 0 Å². The van der Waals surface area contributed by atoms with E-state index in [-0.39, 0.29) is 0 Å². The van der Waals surface area contributed by atoms with Crippen LogP contribution in [0.4, 0.5) is 5.95 Å². The Kier molecular flexibility index (Phi) is 5.23. The number of carbonyl (C=O) groups is 1. The van der Waals surface area contributed by atoms with E-state index in [1.807, 2.05) is 25.1 Å². The molecule has 0 saturated carbocycles. The molecule has 1 fully saturated rings. The first-order chi connectivity index (χ1) is 13.7. The Bertz CT molecular complexity index is 995. The first kappa shape index (κ1) is 18.4. The first-order valence-corrected chi connectivity index (χ1v) is 9.41. The molecular formula is C20H23N5O3. The third kappa shape index (κ3) is 3.44. The van der Waals surface area contributed by atoms with Crippen LogP contribution in [-0.4, -0.2) is 52.0 Å². The number of nitrogens with one attached hydrogen (secondary N) is 1. The molecule has 8 nitrogen and oxygen atoms in total. The zero-order valence-electron chi connectivity index (χ0n) is 15.8. The number of ether oxygens (including phenoxy) is 1. The summed E-state index contributed by atoms with van der Waals surface area (Å²) in [5.74, 6) is 0.348. The van der Waals surface area contributed by atoms with Gasteiger partial charge < -0.3 is 14.2 Å². The molecule has 0 bridgehead atoms. The number of morpholine rings is 1. The number of para-hydroxylation sites is 2. The quantitative estimate of drug-likeness (QED) is 0.519. The van der Waals surface area contributed by atoms with E-state index in [0.717, 1.165) is 47.7 Å². The smallest absolute Gasteiger partial charge is 0.276 e. The Morgan fingerprint density at radius 3 is 2.82 bits per heavy atom. The third-order valence-electron chi connectivity index (χ3n) is 5.04. The fraction of sp³-hybridized carbons (Fsp3) is 0.350. The van der Waals surface area contributed by atoms with Crippen molar-refractivity contribution in [3.05, 3.63) is 53.3 Å². The topological polar surface area (TPSA) is 92.5 Å². The number of fused-ring (bicyclic) bond motifs is 1. The molecule has 4 rings (SSSR count). The maximum atomic E-state index is 11.7. The van der Waals surface area contributed by atoms with E-state index in [4.69, 9.17) is 14.9 Å². The lowest BCUT2D eigenvalue weighted by Gasteiger charge is -2.28. The van der Waals surface area contributed by atoms with E-state index in [2.05, 4.69) is 20.5 Å². The van der Waals surface area contributed by atoms with Crippen molar-refractivity contribution in [1.29, 1.82) is 0 Å². The fourth-order valence-corrected chi connectivity index (χ4v) is 3.55. The van der Waals surface area contributed by atoms with Gasteiger partial charge in [0.2, 0.25) is 5.95 Å². The van der Waals surface area contributed by atoms with Gasteiger partial charge >= 0.3 is 0 Å². The molecule has 1 aliphatic rings. The number of aryl methyl sites for hydroxylation is 1. The van der Waals surface area contributed by atoms with Crippen molar-refractivity contribution >= 4 is 22.9 Å². The van der Waals surface area contributed by atoms with Gasteiger partial charge in [-0.1, -0.05) is 19.1 Å². The Morgan fingerprint density at radius 2 is 2.07 bits per heavy atom. The number of amides is 1. The van der Waals surface area contributed by atoms with Crippen LogP contribution in [0.1, 0.15) is 28.5 Å². The summed E-state index contributed by atoms with van der Waals surface area (Å²) in [7, 11) is 0. The SMILES string of the molecule is CCc1cc(C(=O)NO)cnc1Cn1c(N2CCOCC2)nc2ccccc21. The van der Waals surface area contributed by atoms with Gasteiger partial charge in [-0.2, -0.15) is 0 Å². The van der Waals surface area contributed by atoms with Crippen LogP contribution in [-0.2, 0) is 17.7 Å². The molecule has 2 N–H and O–H groups in total. The molecule has 1 aromatic carbocycles. The first-order valence-electron chi connectivity index (χ1n) is 9.41. The minimum absolute atomic E-state index is 0.340. The van der Waals surface area contributed by atoms with E-state index in [1.54, 1.807) is 11.5 Å². The summed E-state index contributed by atoms with van der Waals surface area (Å²) in [6.45, 7) is 5.55. The van der Waals surface area contributed by atoms with Crippen molar-refractivity contribution < 1.29 is 14.7 Å². The lowest BCUT2D eigenvalue weighted by Crippen LogP contribution is -2.38. The molecule has 1 aliphatic heterocycles. The molecule has 28 heavy (non-hydrogen) atoms. The van der Waals surface area contributed by atoms with Gasteiger partial charge in [0.25, 0.3) is 5.91 Å². The number of aromatic nitrogens is 3. The number of pyridine rings is 1. The second-order valence-electron chi connectivity index (χ2n) is 6.71. The average molecular weight is 381 g/mol. The van der Waals surface area contributed by atoms with Gasteiger partial charge in [0.1, 0.15) is 0 Å². The molecule has 146 valence electrons. The van der Waals surface area contributed by atoms with Gasteiger partial charge in [-0.3, -0.25) is 15.0 Å². The molecule has 0 spiro atoms. The van der Waals surface area contributed by atoms with E-state index in [0.29, 0.717) is 25.3 Å². The largest absolute Gasteiger partial charge is 0.378 e. The zero-order chi connectivity index (χ0) is 19.5. The van der Waals surface area contributed by atoms with Crippen LogP contribution >= 0.6 is 0 Å². The number of hydroxylamine groups is 1. The van der Waals surface area contributed by atoms with E-state index in [1.165, 1.54) is 6.20 Å². The standard InChI is InChI=1S/C20H23N5O3/c1-2-14-11-15(19(26)23-27)12-21-17(14)13-25-18-6-4-3-5-16(18)22-20(25)24-7-9-28-10-8-24/h3-6,11-12,27H,2,7-10,13H2,1H3,(H,23,26). The van der Waals surface area contributed by atoms with Crippen molar-refractivity contribution in [1.82, 2.24) is 20.0 Å². The molecule has 0 radical (unpaired) electrons. The molecule has 0 unspecified atom stereocenters. The summed E-state index contributed by atoms with van der Waals surface area (Å²) in [5, 5.41) is 8.87. The molecule has 1 saturated heterocycles. The van der Waals surface area contributed by atoms with Crippen molar-refractivity contribution in [2.24, 2.45) is 0 Å². The highest BCUT2D eigenvalue weighted by Crippen LogP contribution is 2.25. The van der Waals surface area contributed by atoms with E-state index < -0.39 is 5.91 Å². The Hall–Kier alpha value is -2.97. The average Bonchev–Trinajstić information content (AvgIpc) is 3.12. The number of carbonyl (C=O) groups excluding carboxylic acids is 1. The molecule has 2 aromatic heterocycles. The molecule has 3 heterocycles. The lowest BCUT2D eigenvalue weighted by atomic mass is 10.1. The Balaban J connectivity index is 1.76. The van der Waals surface area contributed by atoms with Crippen molar-refractivity contribution in [2.75, 3.05) is 31.2 Å². The van der Waals surface area contributed by atoms with Gasteiger partial charge in [-0.05, 0) is 30.2 Å². The summed E-state index contributed by atoms with van der Waals surface area (Å²) in [6, 6.07) is 9.85. The van der Waals surface area contributed by atoms with Crippen LogP contribution < -0.4 is 10.4 Å². The van der Waals surface area contributed by atoms with Crippen molar-refractivity contribution in [2.45, 2.75) is 19.9 Å². The molecule has 3 aromatic rings. The predicted octanol–water partition coefficient (Wildman–Crippen LogP) is 2.00. The van der Waals surface area contributed by atoms with Crippen molar-refractivity contribution in [3.63, 3.8) is 0 Å². The number of rotatable bonds is 5. The normalized spacial score (nSPS) is 14.4.